The van der Waals surface area contributed by atoms with Crippen LogP contribution in [0.25, 0.3) is 0 Å². The molecule has 1 aromatic carbocycles. The first-order chi connectivity index (χ1) is 15.9. The number of hydrogen-bond acceptors (Lipinski definition) is 5. The van der Waals surface area contributed by atoms with Gasteiger partial charge in [0.25, 0.3) is 0 Å². The number of nitrogens with zero attached hydrogens (tertiary/aromatic N) is 1. The number of benzene rings is 1. The van der Waals surface area contributed by atoms with Gasteiger partial charge < -0.3 is 20.3 Å². The van der Waals surface area contributed by atoms with E-state index in [2.05, 4.69) is 10.6 Å². The summed E-state index contributed by atoms with van der Waals surface area (Å²) in [6.45, 7) is 18.8. The average Bonchev–Trinajstić information content (AvgIpc) is 2.64. The van der Waals surface area contributed by atoms with Gasteiger partial charge >= 0.3 is 6.09 Å². The number of aryl methyl sites for hydroxylation is 2. The molecule has 1 rings (SSSR count). The summed E-state index contributed by atoms with van der Waals surface area (Å²) in [5.41, 5.74) is 1.59. The quantitative estimate of drug-likeness (QED) is 0.483. The lowest BCUT2D eigenvalue weighted by Crippen LogP contribution is -2.56. The van der Waals surface area contributed by atoms with Gasteiger partial charge in [0, 0.05) is 11.6 Å². The second-order valence-electron chi connectivity index (χ2n) is 11.4. The number of carbonyl (C=O) groups is 3. The van der Waals surface area contributed by atoms with Crippen LogP contribution in [0.3, 0.4) is 0 Å². The van der Waals surface area contributed by atoms with Crippen LogP contribution in [0.2, 0.25) is 0 Å². The van der Waals surface area contributed by atoms with E-state index in [1.54, 1.807) is 37.4 Å². The summed E-state index contributed by atoms with van der Waals surface area (Å²) in [5.74, 6) is 0.0964. The Kier molecular flexibility index (Phi) is 11.1. The Balaban J connectivity index is 3.53. The topological polar surface area (TPSA) is 87.7 Å². The van der Waals surface area contributed by atoms with Gasteiger partial charge in [-0.25, -0.2) is 4.79 Å². The highest BCUT2D eigenvalue weighted by Gasteiger charge is 2.38. The van der Waals surface area contributed by atoms with Crippen molar-refractivity contribution in [1.29, 1.82) is 0 Å². The molecular weight excluding hydrogens is 462 g/mol. The van der Waals surface area contributed by atoms with Crippen molar-refractivity contribution in [3.63, 3.8) is 0 Å². The maximum Gasteiger partial charge on any atom is 0.408 e. The van der Waals surface area contributed by atoms with E-state index in [4.69, 9.17) is 4.74 Å². The van der Waals surface area contributed by atoms with E-state index in [1.807, 2.05) is 72.9 Å². The normalized spacial score (nSPS) is 13.7. The second-order valence-corrected chi connectivity index (χ2v) is 12.4. The largest absolute Gasteiger partial charge is 0.444 e. The molecule has 8 heteroatoms. The van der Waals surface area contributed by atoms with E-state index in [9.17, 15) is 14.4 Å². The summed E-state index contributed by atoms with van der Waals surface area (Å²) in [6, 6.07) is 3.96. The molecule has 0 bridgehead atoms. The zero-order valence-electron chi connectivity index (χ0n) is 23.4. The Labute approximate surface area is 216 Å². The molecule has 0 spiro atoms. The number of thioether (sulfide) groups is 1. The summed E-state index contributed by atoms with van der Waals surface area (Å²) in [5, 5.41) is 5.81. The predicted molar refractivity (Wildman–Crippen MR) is 145 cm³/mol. The smallest absolute Gasteiger partial charge is 0.408 e. The average molecular weight is 508 g/mol. The summed E-state index contributed by atoms with van der Waals surface area (Å²) in [6.07, 6.45) is 1.72. The number of rotatable bonds is 9. The minimum absolute atomic E-state index is 0.259. The first kappa shape index (κ1) is 30.8. The lowest BCUT2D eigenvalue weighted by molar-refractivity contribution is -0.145. The minimum Gasteiger partial charge on any atom is -0.444 e. The van der Waals surface area contributed by atoms with E-state index >= 15 is 0 Å². The van der Waals surface area contributed by atoms with Gasteiger partial charge in [-0.1, -0.05) is 29.3 Å². The van der Waals surface area contributed by atoms with Crippen LogP contribution in [0.1, 0.15) is 84.5 Å². The highest BCUT2D eigenvalue weighted by atomic mass is 32.2. The van der Waals surface area contributed by atoms with E-state index in [0.29, 0.717) is 12.2 Å². The van der Waals surface area contributed by atoms with E-state index in [0.717, 1.165) is 16.7 Å². The molecule has 0 saturated carbocycles. The van der Waals surface area contributed by atoms with Crippen molar-refractivity contribution in [3.05, 3.63) is 34.9 Å². The molecule has 2 atom stereocenters. The first-order valence-corrected chi connectivity index (χ1v) is 13.6. The van der Waals surface area contributed by atoms with Gasteiger partial charge in [-0.05, 0) is 93.2 Å². The number of hydrogen-bond donors (Lipinski definition) is 2. The highest BCUT2D eigenvalue weighted by molar-refractivity contribution is 7.98. The SMILES string of the molecule is CSCCC(NC(=O)OC(C)(C)C)C(=O)N(C(C)C)C(C(=O)NC(C)(C)C)c1cc(C)cc(C)c1. The Morgan fingerprint density at radius 2 is 1.54 bits per heavy atom. The van der Waals surface area contributed by atoms with Crippen LogP contribution in [0, 0.1) is 13.8 Å². The maximum absolute atomic E-state index is 14.0. The minimum atomic E-state index is -0.849. The molecular formula is C27H45N3O4S. The Morgan fingerprint density at radius 1 is 1.00 bits per heavy atom. The molecule has 0 radical (unpaired) electrons. The molecule has 0 fully saturated rings. The van der Waals surface area contributed by atoms with Crippen LogP contribution < -0.4 is 10.6 Å². The van der Waals surface area contributed by atoms with Gasteiger partial charge in [-0.15, -0.1) is 0 Å². The zero-order valence-corrected chi connectivity index (χ0v) is 24.2. The van der Waals surface area contributed by atoms with Gasteiger partial charge in [0.15, 0.2) is 0 Å². The molecule has 2 unspecified atom stereocenters. The van der Waals surface area contributed by atoms with Gasteiger partial charge in [0.05, 0.1) is 0 Å². The van der Waals surface area contributed by atoms with E-state index in [-0.39, 0.29) is 17.9 Å². The molecule has 3 amide bonds. The lowest BCUT2D eigenvalue weighted by atomic mass is 9.96. The third-order valence-electron chi connectivity index (χ3n) is 5.00. The van der Waals surface area contributed by atoms with Crippen molar-refractivity contribution in [2.75, 3.05) is 12.0 Å². The summed E-state index contributed by atoms with van der Waals surface area (Å²) in [4.78, 5) is 41.9. The molecule has 2 N–H and O–H groups in total. The van der Waals surface area contributed by atoms with Gasteiger partial charge in [0.1, 0.15) is 17.7 Å². The molecule has 7 nitrogen and oxygen atoms in total. The van der Waals surface area contributed by atoms with Crippen LogP contribution in [0.15, 0.2) is 18.2 Å². The zero-order chi connectivity index (χ0) is 27.1. The number of carbonyl (C=O) groups excluding carboxylic acids is 3. The fourth-order valence-corrected chi connectivity index (χ4v) is 4.32. The summed E-state index contributed by atoms with van der Waals surface area (Å²) in [7, 11) is 0. The molecule has 0 aliphatic rings. The third-order valence-corrected chi connectivity index (χ3v) is 5.64. The number of ether oxygens (including phenoxy) is 1. The summed E-state index contributed by atoms with van der Waals surface area (Å²) < 4.78 is 5.42. The molecule has 0 aromatic heterocycles. The van der Waals surface area contributed by atoms with Gasteiger partial charge in [-0.3, -0.25) is 9.59 Å². The van der Waals surface area contributed by atoms with Crippen LogP contribution in [0.5, 0.6) is 0 Å². The Morgan fingerprint density at radius 3 is 1.97 bits per heavy atom. The molecule has 0 aliphatic heterocycles. The maximum atomic E-state index is 14.0. The standard InChI is InChI=1S/C27H45N3O4S/c1-17(2)30(24(32)21(12-13-35-11)28-25(33)34-27(8,9)10)22(23(31)29-26(5,6)7)20-15-18(3)14-19(4)16-20/h14-17,21-22H,12-13H2,1-11H3,(H,28,33)(H,29,31). The van der Waals surface area contributed by atoms with Crippen LogP contribution >= 0.6 is 11.8 Å². The van der Waals surface area contributed by atoms with Crippen molar-refractivity contribution >= 4 is 29.7 Å². The third kappa shape index (κ3) is 10.5. The molecule has 198 valence electrons. The Hall–Kier alpha value is -2.22. The van der Waals surface area contributed by atoms with Crippen molar-refractivity contribution in [3.8, 4) is 0 Å². The molecule has 0 aliphatic carbocycles. The van der Waals surface area contributed by atoms with Crippen molar-refractivity contribution < 1.29 is 19.1 Å². The molecule has 1 aromatic rings. The summed E-state index contributed by atoms with van der Waals surface area (Å²) >= 11 is 1.59. The monoisotopic (exact) mass is 507 g/mol. The first-order valence-electron chi connectivity index (χ1n) is 12.2. The predicted octanol–water partition coefficient (Wildman–Crippen LogP) is 5.14. The molecule has 0 saturated heterocycles. The van der Waals surface area contributed by atoms with Crippen molar-refractivity contribution in [2.45, 2.75) is 105 Å². The molecule has 0 heterocycles. The fraction of sp³-hybridized carbons (Fsp3) is 0.667. The van der Waals surface area contributed by atoms with Crippen LogP contribution in [0.4, 0.5) is 4.79 Å². The van der Waals surface area contributed by atoms with Crippen molar-refractivity contribution in [2.24, 2.45) is 0 Å². The van der Waals surface area contributed by atoms with E-state index in [1.165, 1.54) is 0 Å². The van der Waals surface area contributed by atoms with Gasteiger partial charge in [0.2, 0.25) is 11.8 Å². The number of alkyl carbamates (subject to hydrolysis) is 1. The van der Waals surface area contributed by atoms with Gasteiger partial charge in [-0.2, -0.15) is 11.8 Å². The Bertz CT molecular complexity index is 867. The van der Waals surface area contributed by atoms with Crippen molar-refractivity contribution in [1.82, 2.24) is 15.5 Å². The molecule has 35 heavy (non-hydrogen) atoms. The highest BCUT2D eigenvalue weighted by Crippen LogP contribution is 2.28. The lowest BCUT2D eigenvalue weighted by Gasteiger charge is -2.38. The second kappa shape index (κ2) is 12.7. The van der Waals surface area contributed by atoms with E-state index < -0.39 is 29.3 Å². The van der Waals surface area contributed by atoms with Crippen LogP contribution in [-0.2, 0) is 14.3 Å². The number of nitrogens with one attached hydrogen (secondary N) is 2. The fourth-order valence-electron chi connectivity index (χ4n) is 3.85. The van der Waals surface area contributed by atoms with Crippen LogP contribution in [-0.4, -0.2) is 58.0 Å². The number of amides is 3.